The van der Waals surface area contributed by atoms with Gasteiger partial charge in [0.05, 0.1) is 11.3 Å². The monoisotopic (exact) mass is 500 g/mol. The molecule has 2 aromatic rings. The number of halogens is 4. The molecule has 1 heterocycles. The number of carbonyl (C=O) groups is 3. The number of Topliss-reactive ketones (excluding diaryl/α,β-unsaturated/α-hetero) is 1. The second-order valence-electron chi connectivity index (χ2n) is 9.17. The van der Waals surface area contributed by atoms with Crippen molar-refractivity contribution >= 4 is 23.3 Å². The molecular formula is C27H24F4N2O3. The first kappa shape index (κ1) is 25.4. The Kier molecular flexibility index (Phi) is 6.65. The Morgan fingerprint density at radius 3 is 2.44 bits per heavy atom. The van der Waals surface area contributed by atoms with Crippen molar-refractivity contribution in [2.75, 3.05) is 11.4 Å². The van der Waals surface area contributed by atoms with E-state index >= 15 is 0 Å². The molecule has 0 radical (unpaired) electrons. The van der Waals surface area contributed by atoms with Gasteiger partial charge in [-0.05, 0) is 55.2 Å². The van der Waals surface area contributed by atoms with Gasteiger partial charge in [-0.1, -0.05) is 25.0 Å². The number of hydrogen-bond acceptors (Lipinski definition) is 3. The van der Waals surface area contributed by atoms with Gasteiger partial charge in [-0.3, -0.25) is 19.3 Å². The van der Waals surface area contributed by atoms with Gasteiger partial charge in [0.15, 0.2) is 0 Å². The molecule has 4 rings (SSSR count). The molecule has 2 aliphatic rings. The van der Waals surface area contributed by atoms with E-state index in [-0.39, 0.29) is 42.8 Å². The van der Waals surface area contributed by atoms with Gasteiger partial charge in [0.25, 0.3) is 5.91 Å². The van der Waals surface area contributed by atoms with Crippen molar-refractivity contribution in [3.8, 4) is 12.3 Å². The highest BCUT2D eigenvalue weighted by Crippen LogP contribution is 2.45. The van der Waals surface area contributed by atoms with Gasteiger partial charge >= 0.3 is 6.18 Å². The molecule has 2 atom stereocenters. The molecule has 1 unspecified atom stereocenters. The largest absolute Gasteiger partial charge is 0.416 e. The number of alkyl halides is 3. The molecule has 9 heteroatoms. The van der Waals surface area contributed by atoms with Crippen LogP contribution in [0, 0.1) is 24.1 Å². The van der Waals surface area contributed by atoms with Crippen molar-refractivity contribution in [1.82, 2.24) is 4.90 Å². The van der Waals surface area contributed by atoms with Crippen LogP contribution < -0.4 is 4.90 Å². The van der Waals surface area contributed by atoms with Gasteiger partial charge < -0.3 is 4.90 Å². The molecular weight excluding hydrogens is 476 g/mol. The molecule has 1 aliphatic carbocycles. The van der Waals surface area contributed by atoms with E-state index in [1.165, 1.54) is 29.2 Å². The average molecular weight is 500 g/mol. The Balaban J connectivity index is 1.71. The number of nitrogens with zero attached hydrogens (tertiary/aromatic N) is 2. The van der Waals surface area contributed by atoms with Crippen LogP contribution in [0.15, 0.2) is 42.5 Å². The first-order chi connectivity index (χ1) is 17.0. The summed E-state index contributed by atoms with van der Waals surface area (Å²) in [4.78, 5) is 42.2. The number of terminal acetylenes is 1. The summed E-state index contributed by atoms with van der Waals surface area (Å²) in [5.74, 6) is 0.0652. The van der Waals surface area contributed by atoms with E-state index in [1.54, 1.807) is 6.92 Å². The maximum Gasteiger partial charge on any atom is 0.416 e. The number of anilines is 1. The predicted octanol–water partition coefficient (Wildman–Crippen LogP) is 4.72. The van der Waals surface area contributed by atoms with Crippen molar-refractivity contribution < 1.29 is 31.9 Å². The molecule has 1 spiro atoms. The minimum absolute atomic E-state index is 0.0386. The summed E-state index contributed by atoms with van der Waals surface area (Å²) in [6.45, 7) is 1.16. The summed E-state index contributed by atoms with van der Waals surface area (Å²) >= 11 is 0. The topological polar surface area (TPSA) is 57.7 Å². The lowest BCUT2D eigenvalue weighted by molar-refractivity contribution is -0.152. The number of benzene rings is 2. The van der Waals surface area contributed by atoms with E-state index in [0.29, 0.717) is 12.0 Å². The van der Waals surface area contributed by atoms with Crippen molar-refractivity contribution in [3.05, 3.63) is 65.0 Å². The molecule has 1 saturated heterocycles. The number of rotatable bonds is 5. The molecule has 0 aromatic heterocycles. The van der Waals surface area contributed by atoms with E-state index in [4.69, 9.17) is 6.42 Å². The van der Waals surface area contributed by atoms with E-state index in [0.717, 1.165) is 23.1 Å². The second kappa shape index (κ2) is 9.41. The molecule has 188 valence electrons. The lowest BCUT2D eigenvalue weighted by atomic mass is 9.87. The summed E-state index contributed by atoms with van der Waals surface area (Å²) in [7, 11) is 0. The Bertz CT molecular complexity index is 1250. The summed E-state index contributed by atoms with van der Waals surface area (Å²) < 4.78 is 53.8. The molecule has 36 heavy (non-hydrogen) atoms. The van der Waals surface area contributed by atoms with Crippen LogP contribution in [-0.4, -0.2) is 34.6 Å². The Hall–Kier alpha value is -3.67. The van der Waals surface area contributed by atoms with Gasteiger partial charge in [0, 0.05) is 24.4 Å². The summed E-state index contributed by atoms with van der Waals surface area (Å²) in [5, 5.41) is 0. The van der Waals surface area contributed by atoms with Crippen LogP contribution in [-0.2, 0) is 27.1 Å². The number of carbonyl (C=O) groups excluding carboxylic acids is 3. The summed E-state index contributed by atoms with van der Waals surface area (Å²) in [6.07, 6.45) is 1.73. The molecule has 0 bridgehead atoms. The van der Waals surface area contributed by atoms with E-state index in [1.807, 2.05) is 0 Å². The van der Waals surface area contributed by atoms with Crippen molar-refractivity contribution in [3.63, 3.8) is 0 Å². The fourth-order valence-electron chi connectivity index (χ4n) is 5.16. The molecule has 1 aliphatic heterocycles. The minimum Gasteiger partial charge on any atom is -0.322 e. The van der Waals surface area contributed by atoms with Crippen LogP contribution in [0.3, 0.4) is 0 Å². The zero-order valence-corrected chi connectivity index (χ0v) is 19.6. The lowest BCUT2D eigenvalue weighted by Gasteiger charge is -2.47. The maximum atomic E-state index is 14.9. The zero-order valence-electron chi connectivity index (χ0n) is 19.6. The number of amides is 2. The number of ketones is 1. The molecule has 2 amide bonds. The Morgan fingerprint density at radius 1 is 1.17 bits per heavy atom. The quantitative estimate of drug-likeness (QED) is 0.441. The lowest BCUT2D eigenvalue weighted by Crippen LogP contribution is -2.67. The third kappa shape index (κ3) is 4.48. The van der Waals surface area contributed by atoms with Gasteiger partial charge in [-0.15, -0.1) is 6.42 Å². The fraction of sp³-hybridized carbons (Fsp3) is 0.370. The number of piperazine rings is 1. The van der Waals surface area contributed by atoms with Crippen LogP contribution >= 0.6 is 0 Å². The normalized spacial score (nSPS) is 22.3. The van der Waals surface area contributed by atoms with Crippen molar-refractivity contribution in [2.24, 2.45) is 5.92 Å². The maximum absolute atomic E-state index is 14.9. The van der Waals surface area contributed by atoms with Crippen LogP contribution in [0.25, 0.3) is 0 Å². The van der Waals surface area contributed by atoms with Crippen molar-refractivity contribution in [1.29, 1.82) is 0 Å². The van der Waals surface area contributed by atoms with E-state index in [9.17, 15) is 31.9 Å². The zero-order chi connectivity index (χ0) is 26.3. The summed E-state index contributed by atoms with van der Waals surface area (Å²) in [5.41, 5.74) is -1.64. The first-order valence-corrected chi connectivity index (χ1v) is 11.6. The van der Waals surface area contributed by atoms with Crippen LogP contribution in [0.2, 0.25) is 0 Å². The third-order valence-electron chi connectivity index (χ3n) is 7.08. The highest BCUT2D eigenvalue weighted by atomic mass is 19.4. The van der Waals surface area contributed by atoms with Gasteiger partial charge in [0.2, 0.25) is 5.91 Å². The van der Waals surface area contributed by atoms with Crippen LogP contribution in [0.1, 0.15) is 49.3 Å². The van der Waals surface area contributed by atoms with Gasteiger partial charge in [-0.2, -0.15) is 13.2 Å². The van der Waals surface area contributed by atoms with E-state index in [2.05, 4.69) is 5.92 Å². The molecule has 2 aromatic carbocycles. The molecule has 2 fully saturated rings. The highest BCUT2D eigenvalue weighted by Gasteiger charge is 2.57. The Labute approximate surface area is 206 Å². The van der Waals surface area contributed by atoms with Gasteiger partial charge in [-0.25, -0.2) is 4.39 Å². The fourth-order valence-corrected chi connectivity index (χ4v) is 5.16. The minimum atomic E-state index is -4.50. The standard InChI is InChI=1S/C27H24F4N2O3/c1-3-17-7-10-22(21(28)13-17)32-16-24(35)33(15-18-5-8-20(9-6-18)27(29,30)31)26(25(32)36)12-11-19(14-26)23(34)4-2/h1,5-10,13,19H,4,11-12,14-16H2,2H3/t19?,26-/m1/s1. The average Bonchev–Trinajstić information content (AvgIpc) is 3.30. The smallest absolute Gasteiger partial charge is 0.322 e. The third-order valence-corrected chi connectivity index (χ3v) is 7.08. The predicted molar refractivity (Wildman–Crippen MR) is 124 cm³/mol. The van der Waals surface area contributed by atoms with Crippen LogP contribution in [0.4, 0.5) is 23.2 Å². The van der Waals surface area contributed by atoms with Crippen LogP contribution in [0.5, 0.6) is 0 Å². The molecule has 1 saturated carbocycles. The number of hydrogen-bond donors (Lipinski definition) is 0. The second-order valence-corrected chi connectivity index (χ2v) is 9.17. The molecule has 5 nitrogen and oxygen atoms in total. The SMILES string of the molecule is C#Cc1ccc(N2CC(=O)N(Cc3ccc(C(F)(F)F)cc3)[C@@]3(CCC(C(=O)CC)C3)C2=O)c(F)c1. The van der Waals surface area contributed by atoms with Gasteiger partial charge in [0.1, 0.15) is 23.7 Å². The van der Waals surface area contributed by atoms with Crippen molar-refractivity contribution in [2.45, 2.75) is 50.9 Å². The first-order valence-electron chi connectivity index (χ1n) is 11.6. The Morgan fingerprint density at radius 2 is 1.86 bits per heavy atom. The highest BCUT2D eigenvalue weighted by molar-refractivity contribution is 6.09. The molecule has 0 N–H and O–H groups in total. The summed E-state index contributed by atoms with van der Waals surface area (Å²) in [6, 6.07) is 8.29. The van der Waals surface area contributed by atoms with E-state index < -0.39 is 47.4 Å².